The second-order valence-electron chi connectivity index (χ2n) is 5.68. The molecule has 0 amide bonds. The van der Waals surface area contributed by atoms with Crippen LogP contribution >= 0.6 is 11.3 Å². The van der Waals surface area contributed by atoms with Gasteiger partial charge in [0.1, 0.15) is 16.4 Å². The zero-order valence-corrected chi connectivity index (χ0v) is 13.2. The maximum absolute atomic E-state index is 12.5. The fraction of sp³-hybridized carbons (Fsp3) is 0.375. The van der Waals surface area contributed by atoms with Gasteiger partial charge in [-0.1, -0.05) is 0 Å². The van der Waals surface area contributed by atoms with Gasteiger partial charge in [0, 0.05) is 10.9 Å². The molecule has 0 bridgehead atoms. The van der Waals surface area contributed by atoms with Crippen molar-refractivity contribution in [3.8, 4) is 11.3 Å². The molecule has 0 spiro atoms. The second kappa shape index (κ2) is 5.37. The Bertz CT molecular complexity index is 844. The molecule has 22 heavy (non-hydrogen) atoms. The summed E-state index contributed by atoms with van der Waals surface area (Å²) in [5, 5.41) is 2.56. The fourth-order valence-electron chi connectivity index (χ4n) is 3.08. The monoisotopic (exact) mass is 315 g/mol. The lowest BCUT2D eigenvalue weighted by atomic mass is 10.2. The molecule has 1 N–H and O–H groups in total. The number of likely N-dealkylation sites (tertiary alicyclic amines) is 1. The van der Waals surface area contributed by atoms with E-state index >= 15 is 0 Å². The molecule has 3 aromatic rings. The van der Waals surface area contributed by atoms with Crippen molar-refractivity contribution < 1.29 is 4.42 Å². The van der Waals surface area contributed by atoms with Gasteiger partial charge in [-0.2, -0.15) is 0 Å². The molecule has 114 valence electrons. The quantitative estimate of drug-likeness (QED) is 0.804. The van der Waals surface area contributed by atoms with Gasteiger partial charge in [0.15, 0.2) is 0 Å². The van der Waals surface area contributed by atoms with E-state index in [1.54, 1.807) is 6.26 Å². The fourth-order valence-corrected chi connectivity index (χ4v) is 4.01. The maximum atomic E-state index is 12.5. The smallest absolute Gasteiger partial charge is 0.260 e. The van der Waals surface area contributed by atoms with Crippen molar-refractivity contribution in [2.45, 2.75) is 25.8 Å². The Labute approximate surface area is 131 Å². The molecule has 1 aliphatic heterocycles. The molecule has 4 rings (SSSR count). The Hall–Kier alpha value is -1.92. The van der Waals surface area contributed by atoms with Crippen molar-refractivity contribution in [1.82, 2.24) is 14.9 Å². The third kappa shape index (κ3) is 2.19. The van der Waals surface area contributed by atoms with Gasteiger partial charge in [-0.3, -0.25) is 9.69 Å². The molecule has 0 aromatic carbocycles. The minimum absolute atomic E-state index is 0.0845. The van der Waals surface area contributed by atoms with Crippen molar-refractivity contribution in [2.24, 2.45) is 0 Å². The van der Waals surface area contributed by atoms with Crippen molar-refractivity contribution >= 4 is 21.6 Å². The third-order valence-electron chi connectivity index (χ3n) is 4.33. The molecule has 6 heteroatoms. The van der Waals surface area contributed by atoms with Crippen molar-refractivity contribution in [2.75, 3.05) is 13.1 Å². The first-order chi connectivity index (χ1) is 10.7. The molecule has 0 radical (unpaired) electrons. The van der Waals surface area contributed by atoms with Gasteiger partial charge in [-0.25, -0.2) is 4.98 Å². The zero-order chi connectivity index (χ0) is 15.1. The summed E-state index contributed by atoms with van der Waals surface area (Å²) in [6.45, 7) is 4.26. The summed E-state index contributed by atoms with van der Waals surface area (Å²) in [7, 11) is 0. The molecule has 0 aliphatic carbocycles. The molecular weight excluding hydrogens is 298 g/mol. The number of aromatic nitrogens is 2. The lowest BCUT2D eigenvalue weighted by molar-refractivity contribution is 0.253. The number of fused-ring (bicyclic) bond motifs is 1. The van der Waals surface area contributed by atoms with Crippen LogP contribution in [-0.4, -0.2) is 28.0 Å². The average Bonchev–Trinajstić information content (AvgIpc) is 3.25. The summed E-state index contributed by atoms with van der Waals surface area (Å²) in [5.74, 6) is 1.46. The molecule has 0 unspecified atom stereocenters. The maximum Gasteiger partial charge on any atom is 0.260 e. The summed E-state index contributed by atoms with van der Waals surface area (Å²) in [5.41, 5.74) is 0.734. The van der Waals surface area contributed by atoms with Crippen LogP contribution in [0.25, 0.3) is 21.5 Å². The predicted octanol–water partition coefficient (Wildman–Crippen LogP) is 3.40. The van der Waals surface area contributed by atoms with E-state index in [0.717, 1.165) is 29.3 Å². The number of nitrogens with one attached hydrogen (secondary N) is 1. The van der Waals surface area contributed by atoms with Gasteiger partial charge in [0.2, 0.25) is 0 Å². The number of rotatable bonds is 3. The molecule has 0 saturated carbocycles. The summed E-state index contributed by atoms with van der Waals surface area (Å²) in [6.07, 6.45) is 4.06. The highest BCUT2D eigenvalue weighted by Crippen LogP contribution is 2.32. The minimum atomic E-state index is -0.0845. The number of hydrogen-bond acceptors (Lipinski definition) is 5. The highest BCUT2D eigenvalue weighted by atomic mass is 32.1. The van der Waals surface area contributed by atoms with Crippen LogP contribution < -0.4 is 5.56 Å². The molecule has 4 heterocycles. The van der Waals surface area contributed by atoms with Crippen molar-refractivity contribution in [1.29, 1.82) is 0 Å². The Morgan fingerprint density at radius 2 is 2.23 bits per heavy atom. The molecule has 5 nitrogen and oxygen atoms in total. The summed E-state index contributed by atoms with van der Waals surface area (Å²) < 4.78 is 5.42. The first-order valence-electron chi connectivity index (χ1n) is 7.53. The van der Waals surface area contributed by atoms with E-state index in [0.29, 0.717) is 11.1 Å². The molecular formula is C16H17N3O2S. The number of hydrogen-bond donors (Lipinski definition) is 1. The SMILES string of the molecule is C[C@H](c1nc2scc(-c3ccco3)c2c(=O)[nH]1)N1CCCC1. The van der Waals surface area contributed by atoms with Gasteiger partial charge in [0.25, 0.3) is 5.56 Å². The van der Waals surface area contributed by atoms with Gasteiger partial charge >= 0.3 is 0 Å². The van der Waals surface area contributed by atoms with Crippen molar-refractivity contribution in [3.63, 3.8) is 0 Å². The van der Waals surface area contributed by atoms with Crippen LogP contribution in [0.5, 0.6) is 0 Å². The second-order valence-corrected chi connectivity index (χ2v) is 6.54. The Kier molecular flexibility index (Phi) is 3.35. The molecule has 1 fully saturated rings. The molecule has 1 saturated heterocycles. The number of furan rings is 1. The Morgan fingerprint density at radius 3 is 2.95 bits per heavy atom. The lowest BCUT2D eigenvalue weighted by Crippen LogP contribution is -2.26. The summed E-state index contributed by atoms with van der Waals surface area (Å²) >= 11 is 1.49. The van der Waals surface area contributed by atoms with Crippen LogP contribution in [0.2, 0.25) is 0 Å². The van der Waals surface area contributed by atoms with E-state index in [1.165, 1.54) is 24.2 Å². The van der Waals surface area contributed by atoms with Crippen LogP contribution in [0.15, 0.2) is 33.0 Å². The predicted molar refractivity (Wildman–Crippen MR) is 87.2 cm³/mol. The van der Waals surface area contributed by atoms with E-state index in [9.17, 15) is 4.79 Å². The summed E-state index contributed by atoms with van der Waals surface area (Å²) in [4.78, 5) is 23.4. The van der Waals surface area contributed by atoms with Gasteiger partial charge < -0.3 is 9.40 Å². The van der Waals surface area contributed by atoms with Gasteiger partial charge in [-0.05, 0) is 45.0 Å². The summed E-state index contributed by atoms with van der Waals surface area (Å²) in [6, 6.07) is 3.83. The third-order valence-corrected chi connectivity index (χ3v) is 5.21. The van der Waals surface area contributed by atoms with E-state index in [1.807, 2.05) is 17.5 Å². The minimum Gasteiger partial charge on any atom is -0.464 e. The lowest BCUT2D eigenvalue weighted by Gasteiger charge is -2.22. The van der Waals surface area contributed by atoms with E-state index < -0.39 is 0 Å². The average molecular weight is 315 g/mol. The zero-order valence-electron chi connectivity index (χ0n) is 12.3. The first kappa shape index (κ1) is 13.7. The first-order valence-corrected chi connectivity index (χ1v) is 8.41. The molecule has 1 atom stereocenters. The van der Waals surface area contributed by atoms with Crippen LogP contribution in [-0.2, 0) is 0 Å². The molecule has 1 aliphatic rings. The van der Waals surface area contributed by atoms with Gasteiger partial charge in [0.05, 0.1) is 17.7 Å². The highest BCUT2D eigenvalue weighted by molar-refractivity contribution is 7.17. The van der Waals surface area contributed by atoms with E-state index in [-0.39, 0.29) is 11.6 Å². The topological polar surface area (TPSA) is 62.1 Å². The number of nitrogens with zero attached hydrogens (tertiary/aromatic N) is 2. The van der Waals surface area contributed by atoms with Crippen LogP contribution in [0.1, 0.15) is 31.6 Å². The van der Waals surface area contributed by atoms with E-state index in [2.05, 4.69) is 16.8 Å². The normalized spacial score (nSPS) is 17.3. The van der Waals surface area contributed by atoms with Crippen LogP contribution in [0.3, 0.4) is 0 Å². The highest BCUT2D eigenvalue weighted by Gasteiger charge is 2.23. The standard InChI is InChI=1S/C16H17N3O2S/c1-10(19-6-2-3-7-19)14-17-15(20)13-11(9-22-16(13)18-14)12-5-4-8-21-12/h4-5,8-10H,2-3,6-7H2,1H3,(H,17,18,20)/t10-/m1/s1. The van der Waals surface area contributed by atoms with Crippen molar-refractivity contribution in [3.05, 3.63) is 40.0 Å². The number of aromatic amines is 1. The van der Waals surface area contributed by atoms with Gasteiger partial charge in [-0.15, -0.1) is 11.3 Å². The Balaban J connectivity index is 1.80. The largest absolute Gasteiger partial charge is 0.464 e. The molecule has 3 aromatic heterocycles. The number of H-pyrrole nitrogens is 1. The van der Waals surface area contributed by atoms with E-state index in [4.69, 9.17) is 9.40 Å². The van der Waals surface area contributed by atoms with Crippen LogP contribution in [0.4, 0.5) is 0 Å². The number of thiophene rings is 1. The van der Waals surface area contributed by atoms with Crippen LogP contribution in [0, 0.1) is 0 Å². The Morgan fingerprint density at radius 1 is 1.41 bits per heavy atom.